The van der Waals surface area contributed by atoms with E-state index in [1.807, 2.05) is 6.92 Å². The second-order valence-electron chi connectivity index (χ2n) is 2.36. The van der Waals surface area contributed by atoms with Crippen molar-refractivity contribution >= 4 is 22.7 Å². The third-order valence-electron chi connectivity index (χ3n) is 1.22. The SMILES string of the molecule is CCSC(=O)CCCC(C)=O. The first-order valence-electron chi connectivity index (χ1n) is 3.82. The summed E-state index contributed by atoms with van der Waals surface area (Å²) in [6, 6.07) is 0. The number of rotatable bonds is 5. The van der Waals surface area contributed by atoms with Crippen molar-refractivity contribution in [2.24, 2.45) is 0 Å². The van der Waals surface area contributed by atoms with Crippen molar-refractivity contribution in [1.29, 1.82) is 0 Å². The largest absolute Gasteiger partial charge is 0.300 e. The van der Waals surface area contributed by atoms with Gasteiger partial charge in [0.1, 0.15) is 5.78 Å². The van der Waals surface area contributed by atoms with Gasteiger partial charge >= 0.3 is 0 Å². The lowest BCUT2D eigenvalue weighted by Crippen LogP contribution is -1.95. The number of hydrogen-bond acceptors (Lipinski definition) is 3. The Balaban J connectivity index is 3.24. The molecule has 0 aliphatic rings. The molecule has 0 unspecified atom stereocenters. The second kappa shape index (κ2) is 6.40. The summed E-state index contributed by atoms with van der Waals surface area (Å²) >= 11 is 1.33. The van der Waals surface area contributed by atoms with Crippen molar-refractivity contribution in [1.82, 2.24) is 0 Å². The van der Waals surface area contributed by atoms with E-state index in [0.717, 1.165) is 5.75 Å². The van der Waals surface area contributed by atoms with Crippen LogP contribution < -0.4 is 0 Å². The van der Waals surface area contributed by atoms with E-state index in [1.165, 1.54) is 11.8 Å². The van der Waals surface area contributed by atoms with E-state index in [4.69, 9.17) is 0 Å². The molecule has 0 aromatic carbocycles. The first kappa shape index (κ1) is 10.7. The number of Topliss-reactive ketones (excluding diaryl/α,β-unsaturated/α-hetero) is 1. The van der Waals surface area contributed by atoms with Crippen molar-refractivity contribution in [3.8, 4) is 0 Å². The van der Waals surface area contributed by atoms with E-state index in [9.17, 15) is 9.59 Å². The number of ketones is 1. The minimum Gasteiger partial charge on any atom is -0.300 e. The van der Waals surface area contributed by atoms with Crippen LogP contribution in [0.15, 0.2) is 0 Å². The quantitative estimate of drug-likeness (QED) is 0.639. The Morgan fingerprint density at radius 1 is 1.27 bits per heavy atom. The van der Waals surface area contributed by atoms with Crippen LogP contribution in [0.3, 0.4) is 0 Å². The summed E-state index contributed by atoms with van der Waals surface area (Å²) < 4.78 is 0. The number of thioether (sulfide) groups is 1. The van der Waals surface area contributed by atoms with Crippen molar-refractivity contribution in [3.05, 3.63) is 0 Å². The van der Waals surface area contributed by atoms with Gasteiger partial charge in [-0.2, -0.15) is 0 Å². The lowest BCUT2D eigenvalue weighted by Gasteiger charge is -1.95. The average molecular weight is 174 g/mol. The highest BCUT2D eigenvalue weighted by Crippen LogP contribution is 2.07. The van der Waals surface area contributed by atoms with Crippen LogP contribution in [-0.2, 0) is 9.59 Å². The van der Waals surface area contributed by atoms with Crippen molar-refractivity contribution in [2.45, 2.75) is 33.1 Å². The number of carbonyl (C=O) groups is 2. The standard InChI is InChI=1S/C8H14O2S/c1-3-11-8(10)6-4-5-7(2)9/h3-6H2,1-2H3. The number of carbonyl (C=O) groups excluding carboxylic acids is 2. The molecule has 2 nitrogen and oxygen atoms in total. The van der Waals surface area contributed by atoms with Crippen LogP contribution in [0.5, 0.6) is 0 Å². The molecule has 0 rings (SSSR count). The normalized spacial score (nSPS) is 9.64. The van der Waals surface area contributed by atoms with Gasteiger partial charge in [-0.15, -0.1) is 0 Å². The maximum Gasteiger partial charge on any atom is 0.188 e. The maximum absolute atomic E-state index is 10.9. The van der Waals surface area contributed by atoms with E-state index >= 15 is 0 Å². The molecule has 0 amide bonds. The van der Waals surface area contributed by atoms with Crippen LogP contribution in [-0.4, -0.2) is 16.7 Å². The van der Waals surface area contributed by atoms with E-state index in [1.54, 1.807) is 6.92 Å². The fourth-order valence-corrected chi connectivity index (χ4v) is 1.33. The van der Waals surface area contributed by atoms with Gasteiger partial charge in [-0.1, -0.05) is 18.7 Å². The Morgan fingerprint density at radius 2 is 1.91 bits per heavy atom. The van der Waals surface area contributed by atoms with E-state index in [-0.39, 0.29) is 10.9 Å². The highest BCUT2D eigenvalue weighted by atomic mass is 32.2. The molecule has 11 heavy (non-hydrogen) atoms. The first-order chi connectivity index (χ1) is 5.16. The fraction of sp³-hybridized carbons (Fsp3) is 0.750. The summed E-state index contributed by atoms with van der Waals surface area (Å²) in [7, 11) is 0. The Kier molecular flexibility index (Phi) is 6.22. The van der Waals surface area contributed by atoms with Gasteiger partial charge in [0.25, 0.3) is 0 Å². The molecule has 0 spiro atoms. The highest BCUT2D eigenvalue weighted by Gasteiger charge is 2.01. The Morgan fingerprint density at radius 3 is 2.36 bits per heavy atom. The molecule has 0 bridgehead atoms. The molecule has 0 saturated heterocycles. The zero-order chi connectivity index (χ0) is 8.69. The molecule has 0 atom stereocenters. The van der Waals surface area contributed by atoms with Crippen LogP contribution in [0.25, 0.3) is 0 Å². The lowest BCUT2D eigenvalue weighted by atomic mass is 10.2. The smallest absolute Gasteiger partial charge is 0.188 e. The van der Waals surface area contributed by atoms with Crippen LogP contribution >= 0.6 is 11.8 Å². The first-order valence-corrected chi connectivity index (χ1v) is 4.80. The molecule has 0 fully saturated rings. The molecule has 0 aliphatic heterocycles. The van der Waals surface area contributed by atoms with Gasteiger partial charge < -0.3 is 4.79 Å². The van der Waals surface area contributed by atoms with E-state index < -0.39 is 0 Å². The monoisotopic (exact) mass is 174 g/mol. The highest BCUT2D eigenvalue weighted by molar-refractivity contribution is 8.13. The minimum atomic E-state index is 0.166. The summed E-state index contributed by atoms with van der Waals surface area (Å²) in [5, 5.41) is 0.203. The van der Waals surface area contributed by atoms with Gasteiger partial charge in [0.05, 0.1) is 0 Å². The molecule has 0 aliphatic carbocycles. The third-order valence-corrected chi connectivity index (χ3v) is 2.03. The zero-order valence-electron chi connectivity index (χ0n) is 7.05. The Labute approximate surface area is 71.7 Å². The summed E-state index contributed by atoms with van der Waals surface area (Å²) in [5.74, 6) is 0.998. The third kappa shape index (κ3) is 7.59. The van der Waals surface area contributed by atoms with Gasteiger partial charge in [-0.05, 0) is 19.1 Å². The molecule has 0 heterocycles. The molecule has 3 heteroatoms. The minimum absolute atomic E-state index is 0.166. The van der Waals surface area contributed by atoms with Crippen molar-refractivity contribution in [3.63, 3.8) is 0 Å². The Hall–Kier alpha value is -0.310. The molecular formula is C8H14O2S. The van der Waals surface area contributed by atoms with Crippen molar-refractivity contribution < 1.29 is 9.59 Å². The predicted molar refractivity (Wildman–Crippen MR) is 47.7 cm³/mol. The molecular weight excluding hydrogens is 160 g/mol. The van der Waals surface area contributed by atoms with Gasteiger partial charge in [0.2, 0.25) is 0 Å². The summed E-state index contributed by atoms with van der Waals surface area (Å²) in [4.78, 5) is 21.3. The zero-order valence-corrected chi connectivity index (χ0v) is 7.87. The van der Waals surface area contributed by atoms with Crippen LogP contribution in [0.2, 0.25) is 0 Å². The van der Waals surface area contributed by atoms with Gasteiger partial charge in [0.15, 0.2) is 5.12 Å². The second-order valence-corrected chi connectivity index (χ2v) is 3.68. The molecule has 0 aromatic heterocycles. The molecule has 0 saturated carbocycles. The molecule has 64 valence electrons. The average Bonchev–Trinajstić information content (AvgIpc) is 1.87. The fourth-order valence-electron chi connectivity index (χ4n) is 0.715. The van der Waals surface area contributed by atoms with Crippen LogP contribution in [0.4, 0.5) is 0 Å². The van der Waals surface area contributed by atoms with Gasteiger partial charge in [-0.25, -0.2) is 0 Å². The molecule has 0 aromatic rings. The van der Waals surface area contributed by atoms with E-state index in [2.05, 4.69) is 0 Å². The summed E-state index contributed by atoms with van der Waals surface area (Å²) in [6.45, 7) is 3.50. The van der Waals surface area contributed by atoms with Gasteiger partial charge in [-0.3, -0.25) is 4.79 Å². The molecule has 0 N–H and O–H groups in total. The lowest BCUT2D eigenvalue weighted by molar-refractivity contribution is -0.117. The number of hydrogen-bond donors (Lipinski definition) is 0. The van der Waals surface area contributed by atoms with Gasteiger partial charge in [0, 0.05) is 12.8 Å². The Bertz CT molecular complexity index is 143. The van der Waals surface area contributed by atoms with Crippen LogP contribution in [0.1, 0.15) is 33.1 Å². The predicted octanol–water partition coefficient (Wildman–Crippen LogP) is 2.03. The summed E-state index contributed by atoms with van der Waals surface area (Å²) in [5.41, 5.74) is 0. The van der Waals surface area contributed by atoms with Crippen LogP contribution in [0, 0.1) is 0 Å². The summed E-state index contributed by atoms with van der Waals surface area (Å²) in [6.07, 6.45) is 1.79. The topological polar surface area (TPSA) is 34.1 Å². The molecule has 0 radical (unpaired) electrons. The maximum atomic E-state index is 10.9. The van der Waals surface area contributed by atoms with E-state index in [0.29, 0.717) is 19.3 Å². The van der Waals surface area contributed by atoms with Crippen molar-refractivity contribution in [2.75, 3.05) is 5.75 Å².